The molecule has 0 aliphatic rings. The van der Waals surface area contributed by atoms with Crippen LogP contribution in [0.4, 0.5) is 0 Å². The maximum absolute atomic E-state index is 12.1. The minimum atomic E-state index is -0.812. The lowest BCUT2D eigenvalue weighted by atomic mass is 10.00. The van der Waals surface area contributed by atoms with Gasteiger partial charge in [-0.2, -0.15) is 0 Å². The highest BCUT2D eigenvalue weighted by atomic mass is 16.6. The Labute approximate surface area is 257 Å². The van der Waals surface area contributed by atoms with Gasteiger partial charge in [0.15, 0.2) is 6.10 Å². The molecule has 3 atom stereocenters. The summed E-state index contributed by atoms with van der Waals surface area (Å²) in [6, 6.07) is 0. The summed E-state index contributed by atoms with van der Waals surface area (Å²) in [7, 11) is 0. The largest absolute Gasteiger partial charge is 0.462 e. The standard InChI is InChI=1S/C36H62O6/c1-4-6-20-26-33(38)27-22-17-12-10-8-7-9-11-13-19-24-29-36(40)42-34(30-37)31-41-35(39)28-23-18-15-14-16-21-25-32(3)5-2/h7-8,11-13,17,22,27,32-34,37-38H,4-6,9-10,14-16,18-21,23-26,28-31H2,1-3H3/b8-7-,13-11-,17-12-,27-22+/t32?,33-,34-/m0/s1. The Morgan fingerprint density at radius 3 is 2.10 bits per heavy atom. The van der Waals surface area contributed by atoms with Crippen LogP contribution in [0, 0.1) is 5.92 Å². The van der Waals surface area contributed by atoms with Crippen molar-refractivity contribution in [1.82, 2.24) is 0 Å². The van der Waals surface area contributed by atoms with Gasteiger partial charge in [-0.3, -0.25) is 9.59 Å². The van der Waals surface area contributed by atoms with Gasteiger partial charge in [0.05, 0.1) is 12.7 Å². The van der Waals surface area contributed by atoms with E-state index < -0.39 is 6.10 Å². The summed E-state index contributed by atoms with van der Waals surface area (Å²) in [6.45, 7) is 6.23. The lowest BCUT2D eigenvalue weighted by Gasteiger charge is -2.15. The van der Waals surface area contributed by atoms with Crippen LogP contribution in [0.15, 0.2) is 48.6 Å². The van der Waals surface area contributed by atoms with Gasteiger partial charge in [-0.1, -0.05) is 134 Å². The Kier molecular flexibility index (Phi) is 28.7. The van der Waals surface area contributed by atoms with Crippen molar-refractivity contribution in [2.24, 2.45) is 5.92 Å². The van der Waals surface area contributed by atoms with Crippen LogP contribution in [-0.4, -0.2) is 47.6 Å². The molecule has 0 radical (unpaired) electrons. The van der Waals surface area contributed by atoms with E-state index in [1.165, 1.54) is 38.5 Å². The summed E-state index contributed by atoms with van der Waals surface area (Å²) in [5.74, 6) is 0.124. The van der Waals surface area contributed by atoms with Crippen LogP contribution in [0.5, 0.6) is 0 Å². The summed E-state index contributed by atoms with van der Waals surface area (Å²) in [4.78, 5) is 24.1. The van der Waals surface area contributed by atoms with Crippen LogP contribution < -0.4 is 0 Å². The number of allylic oxidation sites excluding steroid dienone is 7. The molecule has 2 N–H and O–H groups in total. The second kappa shape index (κ2) is 30.3. The van der Waals surface area contributed by atoms with Gasteiger partial charge in [-0.15, -0.1) is 0 Å². The number of ether oxygens (including phenoxy) is 2. The molecule has 0 spiro atoms. The molecule has 6 nitrogen and oxygen atoms in total. The van der Waals surface area contributed by atoms with Crippen LogP contribution in [0.2, 0.25) is 0 Å². The monoisotopic (exact) mass is 590 g/mol. The molecule has 0 aromatic carbocycles. The predicted molar refractivity (Wildman–Crippen MR) is 174 cm³/mol. The van der Waals surface area contributed by atoms with Gasteiger partial charge < -0.3 is 19.7 Å². The van der Waals surface area contributed by atoms with E-state index >= 15 is 0 Å². The Morgan fingerprint density at radius 2 is 1.38 bits per heavy atom. The molecular formula is C36H62O6. The molecule has 0 aromatic heterocycles. The summed E-state index contributed by atoms with van der Waals surface area (Å²) in [6.07, 6.45) is 32.1. The van der Waals surface area contributed by atoms with Gasteiger partial charge in [0.25, 0.3) is 0 Å². The van der Waals surface area contributed by atoms with Gasteiger partial charge in [0.2, 0.25) is 0 Å². The van der Waals surface area contributed by atoms with E-state index in [-0.39, 0.29) is 37.7 Å². The molecular weight excluding hydrogens is 528 g/mol. The van der Waals surface area contributed by atoms with E-state index in [0.29, 0.717) is 12.8 Å². The van der Waals surface area contributed by atoms with Crippen molar-refractivity contribution in [2.45, 2.75) is 149 Å². The molecule has 0 amide bonds. The van der Waals surface area contributed by atoms with Crippen LogP contribution in [0.3, 0.4) is 0 Å². The predicted octanol–water partition coefficient (Wildman–Crippen LogP) is 8.72. The van der Waals surface area contributed by atoms with Crippen LogP contribution >= 0.6 is 0 Å². The summed E-state index contributed by atoms with van der Waals surface area (Å²) in [5.41, 5.74) is 0. The number of esters is 2. The second-order valence-electron chi connectivity index (χ2n) is 11.3. The number of carbonyl (C=O) groups excluding carboxylic acids is 2. The van der Waals surface area contributed by atoms with Crippen molar-refractivity contribution in [3.63, 3.8) is 0 Å². The van der Waals surface area contributed by atoms with E-state index in [4.69, 9.17) is 9.47 Å². The zero-order valence-corrected chi connectivity index (χ0v) is 27.0. The van der Waals surface area contributed by atoms with Gasteiger partial charge in [-0.05, 0) is 44.4 Å². The van der Waals surface area contributed by atoms with E-state index in [0.717, 1.165) is 63.7 Å². The molecule has 0 aliphatic carbocycles. The molecule has 0 aliphatic heterocycles. The first-order valence-electron chi connectivity index (χ1n) is 16.7. The topological polar surface area (TPSA) is 93.1 Å². The SMILES string of the molecule is CCCCC[C@H](O)/C=C/C=C\C/C=C\C/C=C\CCCC(=O)O[C@@H](CO)COC(=O)CCCCCCCCC(C)CC. The maximum Gasteiger partial charge on any atom is 0.306 e. The first kappa shape index (κ1) is 39.8. The minimum Gasteiger partial charge on any atom is -0.462 e. The van der Waals surface area contributed by atoms with E-state index in [9.17, 15) is 19.8 Å². The molecule has 242 valence electrons. The van der Waals surface area contributed by atoms with Crippen molar-refractivity contribution < 1.29 is 29.3 Å². The highest BCUT2D eigenvalue weighted by molar-refractivity contribution is 5.70. The Hall–Kier alpha value is -2.18. The molecule has 1 unspecified atom stereocenters. The number of carbonyl (C=O) groups is 2. The number of hydrogen-bond acceptors (Lipinski definition) is 6. The quantitative estimate of drug-likeness (QED) is 0.0410. The second-order valence-corrected chi connectivity index (χ2v) is 11.3. The first-order chi connectivity index (χ1) is 20.4. The average Bonchev–Trinajstić information content (AvgIpc) is 2.98. The van der Waals surface area contributed by atoms with Crippen LogP contribution in [0.25, 0.3) is 0 Å². The summed E-state index contributed by atoms with van der Waals surface area (Å²) < 4.78 is 10.5. The van der Waals surface area contributed by atoms with E-state index in [1.807, 2.05) is 24.3 Å². The Bertz CT molecular complexity index is 754. The minimum absolute atomic E-state index is 0.102. The number of unbranched alkanes of at least 4 members (excludes halogenated alkanes) is 8. The van der Waals surface area contributed by atoms with Crippen LogP contribution in [-0.2, 0) is 19.1 Å². The van der Waals surface area contributed by atoms with Crippen molar-refractivity contribution in [3.05, 3.63) is 48.6 Å². The van der Waals surface area contributed by atoms with Crippen molar-refractivity contribution in [3.8, 4) is 0 Å². The summed E-state index contributed by atoms with van der Waals surface area (Å²) in [5, 5.41) is 19.3. The lowest BCUT2D eigenvalue weighted by molar-refractivity contribution is -0.161. The summed E-state index contributed by atoms with van der Waals surface area (Å²) >= 11 is 0. The third-order valence-corrected chi connectivity index (χ3v) is 7.27. The molecule has 0 saturated heterocycles. The normalized spacial score (nSPS) is 14.3. The molecule has 0 heterocycles. The Balaban J connectivity index is 3.80. The van der Waals surface area contributed by atoms with Gasteiger partial charge in [0.1, 0.15) is 6.61 Å². The van der Waals surface area contributed by atoms with Gasteiger partial charge in [-0.25, -0.2) is 0 Å². The molecule has 6 heteroatoms. The fourth-order valence-corrected chi connectivity index (χ4v) is 4.28. The van der Waals surface area contributed by atoms with Crippen molar-refractivity contribution in [2.75, 3.05) is 13.2 Å². The fourth-order valence-electron chi connectivity index (χ4n) is 4.28. The molecule has 42 heavy (non-hydrogen) atoms. The number of aliphatic hydroxyl groups excluding tert-OH is 2. The third kappa shape index (κ3) is 28.0. The van der Waals surface area contributed by atoms with E-state index in [2.05, 4.69) is 45.1 Å². The highest BCUT2D eigenvalue weighted by Crippen LogP contribution is 2.14. The zero-order valence-electron chi connectivity index (χ0n) is 27.0. The molecule has 0 aromatic rings. The lowest BCUT2D eigenvalue weighted by Crippen LogP contribution is -2.28. The van der Waals surface area contributed by atoms with Gasteiger partial charge in [0, 0.05) is 12.8 Å². The number of hydrogen-bond donors (Lipinski definition) is 2. The molecule has 0 bridgehead atoms. The van der Waals surface area contributed by atoms with Crippen LogP contribution in [0.1, 0.15) is 136 Å². The smallest absolute Gasteiger partial charge is 0.306 e. The maximum atomic E-state index is 12.1. The van der Waals surface area contributed by atoms with Crippen molar-refractivity contribution in [1.29, 1.82) is 0 Å². The molecule has 0 fully saturated rings. The third-order valence-electron chi connectivity index (χ3n) is 7.27. The first-order valence-corrected chi connectivity index (χ1v) is 16.7. The highest BCUT2D eigenvalue weighted by Gasteiger charge is 2.16. The molecule has 0 rings (SSSR count). The molecule has 0 saturated carbocycles. The zero-order chi connectivity index (χ0) is 31.1. The van der Waals surface area contributed by atoms with Crippen molar-refractivity contribution >= 4 is 11.9 Å². The van der Waals surface area contributed by atoms with E-state index in [1.54, 1.807) is 0 Å². The fraction of sp³-hybridized carbons (Fsp3) is 0.722. The van der Waals surface area contributed by atoms with Gasteiger partial charge >= 0.3 is 11.9 Å². The Morgan fingerprint density at radius 1 is 0.738 bits per heavy atom. The average molecular weight is 591 g/mol. The number of rotatable bonds is 28. The number of aliphatic hydroxyl groups is 2.